The lowest BCUT2D eigenvalue weighted by molar-refractivity contribution is -0.146. The predicted octanol–water partition coefficient (Wildman–Crippen LogP) is -0.483. The summed E-state index contributed by atoms with van der Waals surface area (Å²) in [5.74, 6) is -1.37. The number of nitrogens with one attached hydrogen (secondary N) is 1. The van der Waals surface area contributed by atoms with Gasteiger partial charge in [0.15, 0.2) is 6.10 Å². The molecule has 0 unspecified atom stereocenters. The van der Waals surface area contributed by atoms with E-state index >= 15 is 0 Å². The number of aliphatic carboxylic acids is 1. The maximum absolute atomic E-state index is 11.9. The third-order valence-electron chi connectivity index (χ3n) is 2.44. The number of aliphatic hydroxyl groups excluding tert-OH is 1. The molecule has 0 bridgehead atoms. The van der Waals surface area contributed by atoms with Crippen LogP contribution in [0.15, 0.2) is 0 Å². The molecule has 8 heteroatoms. The number of ether oxygens (including phenoxy) is 2. The summed E-state index contributed by atoms with van der Waals surface area (Å²) in [6.45, 7) is 5.99. The summed E-state index contributed by atoms with van der Waals surface area (Å²) in [7, 11) is 0. The van der Waals surface area contributed by atoms with Crippen LogP contribution in [0, 0.1) is 0 Å². The number of hydrogen-bond acceptors (Lipinski definition) is 5. The Labute approximate surface area is 118 Å². The first kappa shape index (κ1) is 18.6. The molecule has 0 fully saturated rings. The molecule has 0 aromatic rings. The van der Waals surface area contributed by atoms with Gasteiger partial charge in [0, 0.05) is 26.3 Å². The Kier molecular flexibility index (Phi) is 10.7. The van der Waals surface area contributed by atoms with Gasteiger partial charge in [-0.3, -0.25) is 0 Å². The molecule has 0 saturated heterocycles. The highest BCUT2D eigenvalue weighted by molar-refractivity contribution is 5.76. The summed E-state index contributed by atoms with van der Waals surface area (Å²) >= 11 is 0. The maximum atomic E-state index is 11.9. The summed E-state index contributed by atoms with van der Waals surface area (Å²) in [5, 5.41) is 20.0. The molecule has 0 saturated carbocycles. The predicted molar refractivity (Wildman–Crippen MR) is 71.6 cm³/mol. The highest BCUT2D eigenvalue weighted by Gasteiger charge is 2.17. The monoisotopic (exact) mass is 292 g/mol. The number of hydrogen-bond donors (Lipinski definition) is 3. The third-order valence-corrected chi connectivity index (χ3v) is 2.44. The third kappa shape index (κ3) is 8.68. The van der Waals surface area contributed by atoms with E-state index in [4.69, 9.17) is 19.7 Å². The van der Waals surface area contributed by atoms with Crippen molar-refractivity contribution in [3.05, 3.63) is 0 Å². The van der Waals surface area contributed by atoms with Crippen LogP contribution in [-0.2, 0) is 14.3 Å². The van der Waals surface area contributed by atoms with Crippen LogP contribution in [0.4, 0.5) is 4.79 Å². The van der Waals surface area contributed by atoms with Gasteiger partial charge < -0.3 is 29.9 Å². The van der Waals surface area contributed by atoms with E-state index in [2.05, 4.69) is 5.32 Å². The molecule has 3 N–H and O–H groups in total. The van der Waals surface area contributed by atoms with Crippen LogP contribution >= 0.6 is 0 Å². The highest BCUT2D eigenvalue weighted by Crippen LogP contribution is 1.93. The minimum absolute atomic E-state index is 0.339. The van der Waals surface area contributed by atoms with E-state index in [1.54, 1.807) is 0 Å². The van der Waals surface area contributed by atoms with Crippen molar-refractivity contribution in [3.8, 4) is 0 Å². The van der Waals surface area contributed by atoms with Gasteiger partial charge in [0.05, 0.1) is 19.8 Å². The fourth-order valence-electron chi connectivity index (χ4n) is 1.34. The van der Waals surface area contributed by atoms with E-state index in [0.717, 1.165) is 0 Å². The Morgan fingerprint density at radius 3 is 2.05 bits per heavy atom. The van der Waals surface area contributed by atoms with Gasteiger partial charge in [-0.2, -0.15) is 0 Å². The topological polar surface area (TPSA) is 108 Å². The summed E-state index contributed by atoms with van der Waals surface area (Å²) in [4.78, 5) is 23.8. The van der Waals surface area contributed by atoms with E-state index < -0.39 is 18.1 Å². The van der Waals surface area contributed by atoms with Crippen molar-refractivity contribution >= 4 is 12.0 Å². The van der Waals surface area contributed by atoms with E-state index in [1.165, 1.54) is 4.90 Å². The fraction of sp³-hybridized carbons (Fsp3) is 0.833. The summed E-state index contributed by atoms with van der Waals surface area (Å²) in [6, 6.07) is -0.454. The molecular formula is C12H24N2O6. The minimum atomic E-state index is -1.61. The van der Waals surface area contributed by atoms with Gasteiger partial charge in [0.1, 0.15) is 0 Å². The van der Waals surface area contributed by atoms with Crippen molar-refractivity contribution in [2.24, 2.45) is 0 Å². The number of amides is 2. The van der Waals surface area contributed by atoms with E-state index in [-0.39, 0.29) is 6.54 Å². The lowest BCUT2D eigenvalue weighted by Gasteiger charge is -2.23. The van der Waals surface area contributed by atoms with Crippen LogP contribution in [0.25, 0.3) is 0 Å². The standard InChI is InChI=1S/C12H24N2O6/c1-3-19-7-5-14(6-8-20-4-2)12(18)13-9-10(15)11(16)17/h10,15H,3-9H2,1-2H3,(H,13,18)(H,16,17)/t10-/m0/s1. The van der Waals surface area contributed by atoms with Crippen molar-refractivity contribution in [3.63, 3.8) is 0 Å². The second-order valence-electron chi connectivity index (χ2n) is 3.92. The first-order valence-corrected chi connectivity index (χ1v) is 6.62. The number of carboxylic acids is 1. The van der Waals surface area contributed by atoms with Gasteiger partial charge in [-0.1, -0.05) is 0 Å². The summed E-state index contributed by atoms with van der Waals surface area (Å²) in [5.41, 5.74) is 0. The van der Waals surface area contributed by atoms with Gasteiger partial charge in [-0.25, -0.2) is 9.59 Å². The Morgan fingerprint density at radius 2 is 1.65 bits per heavy atom. The molecule has 0 aliphatic carbocycles. The molecule has 0 aliphatic rings. The number of urea groups is 1. The Hall–Kier alpha value is -1.38. The quantitative estimate of drug-likeness (QED) is 0.444. The number of carbonyl (C=O) groups is 2. The Balaban J connectivity index is 4.19. The smallest absolute Gasteiger partial charge is 0.334 e. The number of carbonyl (C=O) groups excluding carboxylic acids is 1. The Morgan fingerprint density at radius 1 is 1.15 bits per heavy atom. The largest absolute Gasteiger partial charge is 0.479 e. The normalized spacial score (nSPS) is 11.9. The van der Waals surface area contributed by atoms with Crippen molar-refractivity contribution in [1.29, 1.82) is 0 Å². The van der Waals surface area contributed by atoms with Crippen LogP contribution in [0.5, 0.6) is 0 Å². The van der Waals surface area contributed by atoms with Crippen LogP contribution in [-0.4, -0.2) is 79.3 Å². The van der Waals surface area contributed by atoms with E-state index in [0.29, 0.717) is 39.5 Å². The highest BCUT2D eigenvalue weighted by atomic mass is 16.5. The maximum Gasteiger partial charge on any atom is 0.334 e. The average molecular weight is 292 g/mol. The molecule has 1 atom stereocenters. The molecule has 2 amide bonds. The lowest BCUT2D eigenvalue weighted by Crippen LogP contribution is -2.46. The SMILES string of the molecule is CCOCCN(CCOCC)C(=O)NC[C@H](O)C(=O)O. The van der Waals surface area contributed by atoms with Crippen molar-refractivity contribution in [2.75, 3.05) is 46.1 Å². The van der Waals surface area contributed by atoms with E-state index in [1.807, 2.05) is 13.8 Å². The molecule has 0 aromatic carbocycles. The van der Waals surface area contributed by atoms with Gasteiger partial charge >= 0.3 is 12.0 Å². The van der Waals surface area contributed by atoms with Crippen molar-refractivity contribution in [2.45, 2.75) is 20.0 Å². The van der Waals surface area contributed by atoms with Gasteiger partial charge in [-0.15, -0.1) is 0 Å². The zero-order chi connectivity index (χ0) is 15.4. The van der Waals surface area contributed by atoms with Crippen LogP contribution < -0.4 is 5.32 Å². The van der Waals surface area contributed by atoms with Gasteiger partial charge in [0.25, 0.3) is 0 Å². The number of nitrogens with zero attached hydrogens (tertiary/aromatic N) is 1. The molecule has 0 aromatic heterocycles. The molecule has 0 radical (unpaired) electrons. The number of aliphatic hydroxyl groups is 1. The van der Waals surface area contributed by atoms with Crippen LogP contribution in [0.3, 0.4) is 0 Å². The molecule has 0 spiro atoms. The first-order valence-electron chi connectivity index (χ1n) is 6.62. The zero-order valence-electron chi connectivity index (χ0n) is 12.0. The lowest BCUT2D eigenvalue weighted by atomic mass is 10.3. The number of carboxylic acid groups (broad SMARTS) is 1. The molecular weight excluding hydrogens is 268 g/mol. The molecule has 8 nitrogen and oxygen atoms in total. The van der Waals surface area contributed by atoms with Crippen molar-refractivity contribution in [1.82, 2.24) is 10.2 Å². The molecule has 118 valence electrons. The molecule has 0 rings (SSSR count). The second-order valence-corrected chi connectivity index (χ2v) is 3.92. The second kappa shape index (κ2) is 11.4. The minimum Gasteiger partial charge on any atom is -0.479 e. The first-order chi connectivity index (χ1) is 9.52. The van der Waals surface area contributed by atoms with E-state index in [9.17, 15) is 9.59 Å². The zero-order valence-corrected chi connectivity index (χ0v) is 12.0. The average Bonchev–Trinajstić information content (AvgIpc) is 2.42. The summed E-state index contributed by atoms with van der Waals surface area (Å²) in [6.07, 6.45) is -1.61. The molecule has 0 heterocycles. The van der Waals surface area contributed by atoms with Crippen LogP contribution in [0.2, 0.25) is 0 Å². The Bertz CT molecular complexity index is 277. The van der Waals surface area contributed by atoms with Gasteiger partial charge in [0.2, 0.25) is 0 Å². The fourth-order valence-corrected chi connectivity index (χ4v) is 1.34. The molecule has 0 aliphatic heterocycles. The number of rotatable bonds is 11. The summed E-state index contributed by atoms with van der Waals surface area (Å²) < 4.78 is 10.4. The van der Waals surface area contributed by atoms with Crippen LogP contribution in [0.1, 0.15) is 13.8 Å². The van der Waals surface area contributed by atoms with Gasteiger partial charge in [-0.05, 0) is 13.8 Å². The molecule has 20 heavy (non-hydrogen) atoms. The van der Waals surface area contributed by atoms with Crippen molar-refractivity contribution < 1.29 is 29.3 Å².